The van der Waals surface area contributed by atoms with E-state index in [0.717, 1.165) is 18.7 Å². The van der Waals surface area contributed by atoms with Crippen LogP contribution < -0.4 is 4.74 Å². The van der Waals surface area contributed by atoms with Crippen LogP contribution in [0.2, 0.25) is 0 Å². The van der Waals surface area contributed by atoms with Crippen molar-refractivity contribution in [2.75, 3.05) is 7.11 Å². The summed E-state index contributed by atoms with van der Waals surface area (Å²) in [6, 6.07) is 8.15. The van der Waals surface area contributed by atoms with E-state index >= 15 is 0 Å². The van der Waals surface area contributed by atoms with Crippen LogP contribution in [0.25, 0.3) is 10.9 Å². The van der Waals surface area contributed by atoms with Crippen LogP contribution in [-0.4, -0.2) is 17.5 Å². The molecule has 0 bridgehead atoms. The predicted molar refractivity (Wildman–Crippen MR) is 73.0 cm³/mol. The standard InChI is InChI=1S/C15H19NO2/c1-3-13(17)5-4-9-16-10-8-12-11-14(18-2)6-7-15(12)16/h6-8,10-11H,3-5,9H2,1-2H3. The molecule has 0 aliphatic rings. The molecule has 96 valence electrons. The highest BCUT2D eigenvalue weighted by Gasteiger charge is 2.03. The van der Waals surface area contributed by atoms with E-state index in [4.69, 9.17) is 4.74 Å². The van der Waals surface area contributed by atoms with Crippen LogP contribution >= 0.6 is 0 Å². The molecule has 0 aliphatic carbocycles. The number of methoxy groups -OCH3 is 1. The number of fused-ring (bicyclic) bond motifs is 1. The molecule has 2 rings (SSSR count). The van der Waals surface area contributed by atoms with Gasteiger partial charge in [-0.2, -0.15) is 0 Å². The lowest BCUT2D eigenvalue weighted by molar-refractivity contribution is -0.118. The maximum atomic E-state index is 11.3. The molecule has 0 atom stereocenters. The Bertz CT molecular complexity index is 542. The highest BCUT2D eigenvalue weighted by atomic mass is 16.5. The first-order chi connectivity index (χ1) is 8.74. The van der Waals surface area contributed by atoms with Gasteiger partial charge in [-0.25, -0.2) is 0 Å². The van der Waals surface area contributed by atoms with Gasteiger partial charge in [0.1, 0.15) is 11.5 Å². The number of hydrogen-bond donors (Lipinski definition) is 0. The lowest BCUT2D eigenvalue weighted by atomic mass is 10.2. The maximum Gasteiger partial charge on any atom is 0.132 e. The second-order valence-electron chi connectivity index (χ2n) is 4.43. The van der Waals surface area contributed by atoms with Crippen LogP contribution in [0.3, 0.4) is 0 Å². The smallest absolute Gasteiger partial charge is 0.132 e. The van der Waals surface area contributed by atoms with Gasteiger partial charge in [0.25, 0.3) is 0 Å². The van der Waals surface area contributed by atoms with Crippen LogP contribution in [0.5, 0.6) is 5.75 Å². The van der Waals surface area contributed by atoms with E-state index in [9.17, 15) is 4.79 Å². The summed E-state index contributed by atoms with van der Waals surface area (Å²) in [6.07, 6.45) is 4.29. The maximum absolute atomic E-state index is 11.3. The zero-order valence-corrected chi connectivity index (χ0v) is 11.0. The third kappa shape index (κ3) is 2.73. The van der Waals surface area contributed by atoms with Crippen LogP contribution in [-0.2, 0) is 11.3 Å². The average molecular weight is 245 g/mol. The normalized spacial score (nSPS) is 10.8. The molecule has 1 heterocycles. The number of carbonyl (C=O) groups excluding carboxylic acids is 1. The monoisotopic (exact) mass is 245 g/mol. The molecule has 0 aliphatic heterocycles. The summed E-state index contributed by atoms with van der Waals surface area (Å²) in [5.41, 5.74) is 1.19. The minimum atomic E-state index is 0.341. The molecule has 1 aromatic carbocycles. The second kappa shape index (κ2) is 5.71. The van der Waals surface area contributed by atoms with Gasteiger partial charge in [0, 0.05) is 36.5 Å². The van der Waals surface area contributed by atoms with Crippen molar-refractivity contribution in [3.63, 3.8) is 0 Å². The first-order valence-electron chi connectivity index (χ1n) is 6.39. The molecule has 0 radical (unpaired) electrons. The summed E-state index contributed by atoms with van der Waals surface area (Å²) in [5.74, 6) is 1.22. The minimum Gasteiger partial charge on any atom is -0.497 e. The molecular formula is C15H19NO2. The molecule has 1 aromatic heterocycles. The summed E-state index contributed by atoms with van der Waals surface area (Å²) in [5, 5.41) is 1.18. The van der Waals surface area contributed by atoms with E-state index in [1.165, 1.54) is 10.9 Å². The molecule has 0 fully saturated rings. The van der Waals surface area contributed by atoms with Crippen molar-refractivity contribution in [2.24, 2.45) is 0 Å². The molecule has 0 saturated carbocycles. The zero-order valence-electron chi connectivity index (χ0n) is 11.0. The van der Waals surface area contributed by atoms with Crippen molar-refractivity contribution in [2.45, 2.75) is 32.7 Å². The van der Waals surface area contributed by atoms with Crippen molar-refractivity contribution in [1.29, 1.82) is 0 Å². The summed E-state index contributed by atoms with van der Waals surface area (Å²) in [6.45, 7) is 2.81. The first kappa shape index (κ1) is 12.7. The van der Waals surface area contributed by atoms with Crippen molar-refractivity contribution < 1.29 is 9.53 Å². The highest BCUT2D eigenvalue weighted by molar-refractivity contribution is 5.81. The Kier molecular flexibility index (Phi) is 4.03. The fraction of sp³-hybridized carbons (Fsp3) is 0.400. The number of Topliss-reactive ketones (excluding diaryl/α,β-unsaturated/α-hetero) is 1. The summed E-state index contributed by atoms with van der Waals surface area (Å²) in [7, 11) is 1.68. The number of aryl methyl sites for hydroxylation is 1. The van der Waals surface area contributed by atoms with Crippen molar-refractivity contribution >= 4 is 16.7 Å². The SMILES string of the molecule is CCC(=O)CCCn1ccc2cc(OC)ccc21. The van der Waals surface area contributed by atoms with E-state index in [1.807, 2.05) is 19.1 Å². The number of ether oxygens (including phenoxy) is 1. The van der Waals surface area contributed by atoms with Crippen molar-refractivity contribution in [1.82, 2.24) is 4.57 Å². The quantitative estimate of drug-likeness (QED) is 0.781. The van der Waals surface area contributed by atoms with Gasteiger partial charge in [0.05, 0.1) is 7.11 Å². The van der Waals surface area contributed by atoms with Gasteiger partial charge < -0.3 is 9.30 Å². The molecule has 0 N–H and O–H groups in total. The number of hydrogen-bond acceptors (Lipinski definition) is 2. The third-order valence-electron chi connectivity index (χ3n) is 3.23. The fourth-order valence-corrected chi connectivity index (χ4v) is 2.12. The fourth-order valence-electron chi connectivity index (χ4n) is 2.12. The van der Waals surface area contributed by atoms with Crippen molar-refractivity contribution in [3.8, 4) is 5.75 Å². The Hall–Kier alpha value is -1.77. The van der Waals surface area contributed by atoms with Crippen LogP contribution in [0.15, 0.2) is 30.5 Å². The predicted octanol–water partition coefficient (Wildman–Crippen LogP) is 3.41. The minimum absolute atomic E-state index is 0.341. The molecule has 3 heteroatoms. The third-order valence-corrected chi connectivity index (χ3v) is 3.23. The molecule has 0 amide bonds. The summed E-state index contributed by atoms with van der Waals surface area (Å²) in [4.78, 5) is 11.3. The molecule has 0 saturated heterocycles. The van der Waals surface area contributed by atoms with Gasteiger partial charge in [-0.3, -0.25) is 4.79 Å². The first-order valence-corrected chi connectivity index (χ1v) is 6.39. The molecular weight excluding hydrogens is 226 g/mol. The highest BCUT2D eigenvalue weighted by Crippen LogP contribution is 2.22. The van der Waals surface area contributed by atoms with Crippen LogP contribution in [0, 0.1) is 0 Å². The summed E-state index contributed by atoms with van der Waals surface area (Å²) >= 11 is 0. The molecule has 0 spiro atoms. The second-order valence-corrected chi connectivity index (χ2v) is 4.43. The topological polar surface area (TPSA) is 31.2 Å². The number of rotatable bonds is 6. The van der Waals surface area contributed by atoms with Gasteiger partial charge in [-0.05, 0) is 30.7 Å². The Morgan fingerprint density at radius 2 is 2.17 bits per heavy atom. The van der Waals surface area contributed by atoms with E-state index in [2.05, 4.69) is 22.9 Å². The number of benzene rings is 1. The zero-order chi connectivity index (χ0) is 13.0. The Morgan fingerprint density at radius 1 is 1.33 bits per heavy atom. The Labute approximate surface area is 107 Å². The number of aromatic nitrogens is 1. The Morgan fingerprint density at radius 3 is 2.89 bits per heavy atom. The van der Waals surface area contributed by atoms with E-state index in [-0.39, 0.29) is 0 Å². The van der Waals surface area contributed by atoms with Gasteiger partial charge in [0.2, 0.25) is 0 Å². The summed E-state index contributed by atoms with van der Waals surface area (Å²) < 4.78 is 7.40. The van der Waals surface area contributed by atoms with Gasteiger partial charge in [-0.1, -0.05) is 6.92 Å². The van der Waals surface area contributed by atoms with Crippen molar-refractivity contribution in [3.05, 3.63) is 30.5 Å². The molecule has 2 aromatic rings. The van der Waals surface area contributed by atoms with E-state index in [0.29, 0.717) is 18.6 Å². The van der Waals surface area contributed by atoms with Gasteiger partial charge in [0.15, 0.2) is 0 Å². The largest absolute Gasteiger partial charge is 0.497 e. The van der Waals surface area contributed by atoms with E-state index < -0.39 is 0 Å². The molecule has 0 unspecified atom stereocenters. The van der Waals surface area contributed by atoms with Gasteiger partial charge in [-0.15, -0.1) is 0 Å². The van der Waals surface area contributed by atoms with Crippen LogP contribution in [0.4, 0.5) is 0 Å². The Balaban J connectivity index is 2.07. The van der Waals surface area contributed by atoms with Crippen LogP contribution in [0.1, 0.15) is 26.2 Å². The molecule has 3 nitrogen and oxygen atoms in total. The lowest BCUT2D eigenvalue weighted by Crippen LogP contribution is -2.00. The van der Waals surface area contributed by atoms with E-state index in [1.54, 1.807) is 7.11 Å². The average Bonchev–Trinajstić information content (AvgIpc) is 2.81. The molecule has 18 heavy (non-hydrogen) atoms. The lowest BCUT2D eigenvalue weighted by Gasteiger charge is -2.05. The number of nitrogens with zero attached hydrogens (tertiary/aromatic N) is 1. The number of carbonyl (C=O) groups is 1. The van der Waals surface area contributed by atoms with Gasteiger partial charge >= 0.3 is 0 Å². The number of ketones is 1.